The number of carbonyl (C=O) groups excluding carboxylic acids is 1. The maximum Gasteiger partial charge on any atom is 0.325 e. The van der Waals surface area contributed by atoms with Gasteiger partial charge in [-0.05, 0) is 46.0 Å². The molecule has 0 aromatic carbocycles. The lowest BCUT2D eigenvalue weighted by atomic mass is 9.97. The number of methoxy groups -OCH3 is 1. The summed E-state index contributed by atoms with van der Waals surface area (Å²) in [6.07, 6.45) is 5.90. The molecule has 0 bridgehead atoms. The molecular formula is C15H29NO3. The van der Waals surface area contributed by atoms with Gasteiger partial charge >= 0.3 is 5.97 Å². The summed E-state index contributed by atoms with van der Waals surface area (Å²) in [4.78, 5) is 11.9. The highest BCUT2D eigenvalue weighted by molar-refractivity contribution is 5.80. The summed E-state index contributed by atoms with van der Waals surface area (Å²) in [7, 11) is 1.43. The molecule has 0 heterocycles. The molecule has 0 radical (unpaired) electrons. The molecule has 4 nitrogen and oxygen atoms in total. The minimum atomic E-state index is -0.654. The van der Waals surface area contributed by atoms with Crippen molar-refractivity contribution in [3.63, 3.8) is 0 Å². The van der Waals surface area contributed by atoms with Gasteiger partial charge in [-0.3, -0.25) is 10.1 Å². The first-order chi connectivity index (χ1) is 8.98. The number of rotatable bonds is 8. The Morgan fingerprint density at radius 1 is 1.37 bits per heavy atom. The average Bonchev–Trinajstić information content (AvgIpc) is 2.85. The molecule has 0 aromatic rings. The van der Waals surface area contributed by atoms with Crippen molar-refractivity contribution in [2.45, 2.75) is 64.5 Å². The van der Waals surface area contributed by atoms with Crippen molar-refractivity contribution in [2.75, 3.05) is 20.3 Å². The second-order valence-electron chi connectivity index (χ2n) is 6.10. The van der Waals surface area contributed by atoms with Gasteiger partial charge in [0.15, 0.2) is 0 Å². The number of nitrogens with one attached hydrogen (secondary N) is 1. The normalized spacial score (nSPS) is 19.6. The van der Waals surface area contributed by atoms with Crippen LogP contribution in [0.4, 0.5) is 0 Å². The van der Waals surface area contributed by atoms with Gasteiger partial charge in [-0.25, -0.2) is 0 Å². The van der Waals surface area contributed by atoms with Crippen molar-refractivity contribution in [2.24, 2.45) is 5.92 Å². The third-order valence-corrected chi connectivity index (χ3v) is 3.82. The first-order valence-electron chi connectivity index (χ1n) is 7.42. The van der Waals surface area contributed by atoms with Crippen LogP contribution in [0.5, 0.6) is 0 Å². The van der Waals surface area contributed by atoms with Crippen LogP contribution in [-0.4, -0.2) is 37.9 Å². The van der Waals surface area contributed by atoms with Crippen molar-refractivity contribution in [1.82, 2.24) is 5.32 Å². The maximum absolute atomic E-state index is 11.9. The van der Waals surface area contributed by atoms with E-state index in [2.05, 4.69) is 5.32 Å². The predicted molar refractivity (Wildman–Crippen MR) is 76.1 cm³/mol. The van der Waals surface area contributed by atoms with E-state index in [9.17, 15) is 4.79 Å². The molecule has 1 fully saturated rings. The van der Waals surface area contributed by atoms with Gasteiger partial charge in [0.1, 0.15) is 5.54 Å². The zero-order chi connectivity index (χ0) is 14.3. The highest BCUT2D eigenvalue weighted by Crippen LogP contribution is 2.25. The number of carbonyl (C=O) groups is 1. The second-order valence-corrected chi connectivity index (χ2v) is 6.10. The molecule has 0 saturated heterocycles. The van der Waals surface area contributed by atoms with Crippen molar-refractivity contribution >= 4 is 5.97 Å². The van der Waals surface area contributed by atoms with Gasteiger partial charge in [-0.2, -0.15) is 0 Å². The summed E-state index contributed by atoms with van der Waals surface area (Å²) >= 11 is 0. The smallest absolute Gasteiger partial charge is 0.325 e. The van der Waals surface area contributed by atoms with E-state index in [1.54, 1.807) is 0 Å². The minimum absolute atomic E-state index is 0.217. The number of ether oxygens (including phenoxy) is 2. The SMILES string of the molecule is COC(=O)C(C)(CCOCC1CCCC1)NC(C)C. The topological polar surface area (TPSA) is 47.6 Å². The lowest BCUT2D eigenvalue weighted by molar-refractivity contribution is -0.149. The molecule has 1 atom stereocenters. The highest BCUT2D eigenvalue weighted by atomic mass is 16.5. The van der Waals surface area contributed by atoms with Crippen LogP contribution >= 0.6 is 0 Å². The van der Waals surface area contributed by atoms with E-state index in [1.807, 2.05) is 20.8 Å². The summed E-state index contributed by atoms with van der Waals surface area (Å²) in [5, 5.41) is 3.28. The van der Waals surface area contributed by atoms with E-state index >= 15 is 0 Å². The standard InChI is InChI=1S/C15H29NO3/c1-12(2)16-15(3,14(17)18-4)9-10-19-11-13-7-5-6-8-13/h12-13,16H,5-11H2,1-4H3. The van der Waals surface area contributed by atoms with Gasteiger partial charge in [-0.1, -0.05) is 12.8 Å². The molecule has 0 aliphatic heterocycles. The van der Waals surface area contributed by atoms with E-state index in [-0.39, 0.29) is 12.0 Å². The van der Waals surface area contributed by atoms with Gasteiger partial charge in [0, 0.05) is 19.3 Å². The first-order valence-corrected chi connectivity index (χ1v) is 7.42. The fourth-order valence-corrected chi connectivity index (χ4v) is 2.80. The lowest BCUT2D eigenvalue weighted by Crippen LogP contribution is -2.53. The van der Waals surface area contributed by atoms with Crippen LogP contribution < -0.4 is 5.32 Å². The summed E-state index contributed by atoms with van der Waals surface area (Å²) in [5.74, 6) is 0.508. The van der Waals surface area contributed by atoms with E-state index in [0.29, 0.717) is 13.0 Å². The minimum Gasteiger partial charge on any atom is -0.468 e. The predicted octanol–water partition coefficient (Wildman–Crippen LogP) is 2.51. The van der Waals surface area contributed by atoms with Crippen LogP contribution in [0.25, 0.3) is 0 Å². The monoisotopic (exact) mass is 271 g/mol. The lowest BCUT2D eigenvalue weighted by Gasteiger charge is -2.30. The molecule has 112 valence electrons. The summed E-state index contributed by atoms with van der Waals surface area (Å²) in [6, 6.07) is 0.235. The quantitative estimate of drug-likeness (QED) is 0.544. The zero-order valence-electron chi connectivity index (χ0n) is 12.8. The van der Waals surface area contributed by atoms with E-state index in [1.165, 1.54) is 32.8 Å². The Morgan fingerprint density at radius 2 is 2.00 bits per heavy atom. The van der Waals surface area contributed by atoms with E-state index in [0.717, 1.165) is 12.5 Å². The molecule has 1 aliphatic carbocycles. The van der Waals surface area contributed by atoms with Gasteiger partial charge < -0.3 is 9.47 Å². The molecule has 1 N–H and O–H groups in total. The van der Waals surface area contributed by atoms with Crippen molar-refractivity contribution in [3.05, 3.63) is 0 Å². The van der Waals surface area contributed by atoms with Gasteiger partial charge in [0.2, 0.25) is 0 Å². The fraction of sp³-hybridized carbons (Fsp3) is 0.933. The van der Waals surface area contributed by atoms with Crippen LogP contribution in [0.1, 0.15) is 52.9 Å². The van der Waals surface area contributed by atoms with Crippen molar-refractivity contribution < 1.29 is 14.3 Å². The summed E-state index contributed by atoms with van der Waals surface area (Å²) in [6.45, 7) is 7.37. The van der Waals surface area contributed by atoms with Crippen LogP contribution in [-0.2, 0) is 14.3 Å². The molecule has 0 amide bonds. The zero-order valence-corrected chi connectivity index (χ0v) is 12.8. The van der Waals surface area contributed by atoms with Crippen LogP contribution in [0.15, 0.2) is 0 Å². The van der Waals surface area contributed by atoms with E-state index < -0.39 is 5.54 Å². The fourth-order valence-electron chi connectivity index (χ4n) is 2.80. The third-order valence-electron chi connectivity index (χ3n) is 3.82. The number of hydrogen-bond donors (Lipinski definition) is 1. The van der Waals surface area contributed by atoms with Crippen molar-refractivity contribution in [3.8, 4) is 0 Å². The van der Waals surface area contributed by atoms with Crippen molar-refractivity contribution in [1.29, 1.82) is 0 Å². The molecule has 0 aromatic heterocycles. The highest BCUT2D eigenvalue weighted by Gasteiger charge is 2.34. The Bertz CT molecular complexity index is 275. The summed E-state index contributed by atoms with van der Waals surface area (Å²) < 4.78 is 10.6. The molecule has 19 heavy (non-hydrogen) atoms. The number of hydrogen-bond acceptors (Lipinski definition) is 4. The molecule has 0 spiro atoms. The largest absolute Gasteiger partial charge is 0.468 e. The van der Waals surface area contributed by atoms with Gasteiger partial charge in [0.25, 0.3) is 0 Å². The Labute approximate surface area is 117 Å². The van der Waals surface area contributed by atoms with Crippen LogP contribution in [0, 0.1) is 5.92 Å². The average molecular weight is 271 g/mol. The maximum atomic E-state index is 11.9. The molecule has 1 saturated carbocycles. The third kappa shape index (κ3) is 5.49. The van der Waals surface area contributed by atoms with Gasteiger partial charge in [-0.15, -0.1) is 0 Å². The van der Waals surface area contributed by atoms with Crippen LogP contribution in [0.2, 0.25) is 0 Å². The number of esters is 1. The van der Waals surface area contributed by atoms with Crippen LogP contribution in [0.3, 0.4) is 0 Å². The second kappa shape index (κ2) is 7.85. The molecule has 1 rings (SSSR count). The molecule has 1 aliphatic rings. The first kappa shape index (κ1) is 16.4. The summed E-state index contributed by atoms with van der Waals surface area (Å²) in [5.41, 5.74) is -0.654. The Balaban J connectivity index is 2.33. The molecule has 4 heteroatoms. The Kier molecular flexibility index (Phi) is 6.80. The molecular weight excluding hydrogens is 242 g/mol. The Hall–Kier alpha value is -0.610. The molecule has 1 unspecified atom stereocenters. The van der Waals surface area contributed by atoms with E-state index in [4.69, 9.17) is 9.47 Å². The van der Waals surface area contributed by atoms with Gasteiger partial charge in [0.05, 0.1) is 7.11 Å². The Morgan fingerprint density at radius 3 is 2.53 bits per heavy atom.